The molecule has 0 radical (unpaired) electrons. The highest BCUT2D eigenvalue weighted by molar-refractivity contribution is 6.10. The van der Waals surface area contributed by atoms with Gasteiger partial charge in [-0.15, -0.1) is 0 Å². The van der Waals surface area contributed by atoms with Gasteiger partial charge in [0, 0.05) is 32.7 Å². The van der Waals surface area contributed by atoms with Crippen LogP contribution < -0.4 is 0 Å². The molecule has 50 heavy (non-hydrogen) atoms. The summed E-state index contributed by atoms with van der Waals surface area (Å²) in [6.45, 7) is 0. The minimum atomic E-state index is 0.557. The lowest BCUT2D eigenvalue weighted by Gasteiger charge is -2.11. The van der Waals surface area contributed by atoms with Gasteiger partial charge in [-0.25, -0.2) is 4.98 Å². The third kappa shape index (κ3) is 4.67. The molecule has 0 spiro atoms. The van der Waals surface area contributed by atoms with Crippen molar-refractivity contribution in [3.8, 4) is 51.0 Å². The van der Waals surface area contributed by atoms with Crippen LogP contribution in [0.4, 0.5) is 0 Å². The molecule has 0 fully saturated rings. The summed E-state index contributed by atoms with van der Waals surface area (Å²) in [4.78, 5) is 15.3. The van der Waals surface area contributed by atoms with E-state index in [4.69, 9.17) is 19.4 Å². The molecule has 0 unspecified atom stereocenters. The Morgan fingerprint density at radius 2 is 0.860 bits per heavy atom. The number of para-hydroxylation sites is 2. The van der Waals surface area contributed by atoms with E-state index in [2.05, 4.69) is 114 Å². The van der Waals surface area contributed by atoms with Gasteiger partial charge in [0.1, 0.15) is 11.2 Å². The molecule has 10 aromatic rings. The first-order valence-electron chi connectivity index (χ1n) is 16.7. The molecule has 0 saturated heterocycles. The topological polar surface area (TPSA) is 56.7 Å². The number of benzene rings is 7. The molecule has 0 bridgehead atoms. The van der Waals surface area contributed by atoms with Gasteiger partial charge < -0.3 is 4.42 Å². The van der Waals surface area contributed by atoms with E-state index in [1.807, 2.05) is 60.7 Å². The first-order valence-corrected chi connectivity index (χ1v) is 16.7. The molecular formula is C45H28N4O. The number of aromatic nitrogens is 4. The molecule has 234 valence electrons. The Morgan fingerprint density at radius 1 is 0.340 bits per heavy atom. The second kappa shape index (κ2) is 11.4. The molecule has 5 heteroatoms. The fourth-order valence-corrected chi connectivity index (χ4v) is 7.03. The maximum Gasteiger partial charge on any atom is 0.238 e. The molecule has 7 aromatic carbocycles. The molecule has 0 aliphatic carbocycles. The minimum Gasteiger partial charge on any atom is -0.456 e. The summed E-state index contributed by atoms with van der Waals surface area (Å²) in [6, 6.07) is 58.7. The Labute approximate surface area is 287 Å². The van der Waals surface area contributed by atoms with Crippen molar-refractivity contribution < 1.29 is 4.42 Å². The SMILES string of the molecule is c1ccc(-c2ccc(-c3ccc4c5ccccc5n(-c5nc(-c6ccccc6)nc(-c6ccc7c(c6)oc6ccccc67)n5)c4c3)cc2)cc1. The van der Waals surface area contributed by atoms with E-state index in [1.165, 1.54) is 11.1 Å². The van der Waals surface area contributed by atoms with Gasteiger partial charge in [0.25, 0.3) is 0 Å². The predicted octanol–water partition coefficient (Wildman–Crippen LogP) is 11.5. The summed E-state index contributed by atoms with van der Waals surface area (Å²) < 4.78 is 8.43. The lowest BCUT2D eigenvalue weighted by atomic mass is 9.99. The molecule has 0 saturated carbocycles. The van der Waals surface area contributed by atoms with Gasteiger partial charge in [0.2, 0.25) is 5.95 Å². The number of furan rings is 1. The Kier molecular flexibility index (Phi) is 6.42. The van der Waals surface area contributed by atoms with Crippen LogP contribution in [0.5, 0.6) is 0 Å². The Hall–Kier alpha value is -6.85. The van der Waals surface area contributed by atoms with Crippen molar-refractivity contribution in [2.75, 3.05) is 0 Å². The number of nitrogens with zero attached hydrogens (tertiary/aromatic N) is 4. The van der Waals surface area contributed by atoms with E-state index in [9.17, 15) is 0 Å². The molecule has 0 atom stereocenters. The van der Waals surface area contributed by atoms with Crippen LogP contribution in [0.25, 0.3) is 94.7 Å². The molecule has 0 aliphatic heterocycles. The zero-order valence-corrected chi connectivity index (χ0v) is 26.9. The van der Waals surface area contributed by atoms with Crippen molar-refractivity contribution in [1.82, 2.24) is 19.5 Å². The molecule has 0 amide bonds. The van der Waals surface area contributed by atoms with E-state index < -0.39 is 0 Å². The van der Waals surface area contributed by atoms with Gasteiger partial charge in [-0.05, 0) is 52.6 Å². The summed E-state index contributed by atoms with van der Waals surface area (Å²) in [5.74, 6) is 1.74. The average Bonchev–Trinajstić information content (AvgIpc) is 3.73. The van der Waals surface area contributed by atoms with Crippen LogP contribution in [0.3, 0.4) is 0 Å². The number of rotatable bonds is 5. The number of hydrogen-bond donors (Lipinski definition) is 0. The standard InChI is InChI=1S/C45H28N4O/c1-3-11-29(12-4-1)30-19-21-31(22-20-30)33-23-25-36-35-15-7-9-17-39(35)49(40(36)27-33)45-47-43(32-13-5-2-6-14-32)46-44(48-45)34-24-26-38-37-16-8-10-18-41(37)50-42(38)28-34/h1-28H. The highest BCUT2D eigenvalue weighted by atomic mass is 16.3. The maximum atomic E-state index is 6.26. The van der Waals surface area contributed by atoms with Crippen LogP contribution in [0.15, 0.2) is 174 Å². The summed E-state index contributed by atoms with van der Waals surface area (Å²) >= 11 is 0. The Morgan fingerprint density at radius 3 is 1.64 bits per heavy atom. The lowest BCUT2D eigenvalue weighted by molar-refractivity contribution is 0.669. The van der Waals surface area contributed by atoms with E-state index in [-0.39, 0.29) is 0 Å². The first kappa shape index (κ1) is 28.2. The summed E-state index contributed by atoms with van der Waals surface area (Å²) in [7, 11) is 0. The van der Waals surface area contributed by atoms with Crippen molar-refractivity contribution in [2.45, 2.75) is 0 Å². The quantitative estimate of drug-likeness (QED) is 0.188. The third-order valence-corrected chi connectivity index (χ3v) is 9.49. The van der Waals surface area contributed by atoms with Gasteiger partial charge in [-0.2, -0.15) is 9.97 Å². The second-order valence-electron chi connectivity index (χ2n) is 12.5. The average molecular weight is 641 g/mol. The predicted molar refractivity (Wildman–Crippen MR) is 203 cm³/mol. The molecule has 10 rings (SSSR count). The molecule has 3 heterocycles. The minimum absolute atomic E-state index is 0.557. The van der Waals surface area contributed by atoms with Crippen LogP contribution in [0, 0.1) is 0 Å². The van der Waals surface area contributed by atoms with Crippen molar-refractivity contribution in [2.24, 2.45) is 0 Å². The summed E-state index contributed by atoms with van der Waals surface area (Å²) in [6.07, 6.45) is 0. The first-order chi connectivity index (χ1) is 24.8. The van der Waals surface area contributed by atoms with Crippen molar-refractivity contribution in [3.05, 3.63) is 170 Å². The van der Waals surface area contributed by atoms with Crippen LogP contribution in [-0.4, -0.2) is 19.5 Å². The zero-order chi connectivity index (χ0) is 33.0. The second-order valence-corrected chi connectivity index (χ2v) is 12.5. The molecule has 3 aromatic heterocycles. The fraction of sp³-hybridized carbons (Fsp3) is 0. The third-order valence-electron chi connectivity index (χ3n) is 9.49. The van der Waals surface area contributed by atoms with Crippen LogP contribution in [0.2, 0.25) is 0 Å². The summed E-state index contributed by atoms with van der Waals surface area (Å²) in [5, 5.41) is 4.43. The van der Waals surface area contributed by atoms with Crippen LogP contribution in [0.1, 0.15) is 0 Å². The van der Waals surface area contributed by atoms with E-state index in [0.29, 0.717) is 17.6 Å². The number of hydrogen-bond acceptors (Lipinski definition) is 4. The smallest absolute Gasteiger partial charge is 0.238 e. The lowest BCUT2D eigenvalue weighted by Crippen LogP contribution is -2.06. The molecular weight excluding hydrogens is 613 g/mol. The van der Waals surface area contributed by atoms with Gasteiger partial charge in [0.15, 0.2) is 11.6 Å². The highest BCUT2D eigenvalue weighted by Gasteiger charge is 2.19. The van der Waals surface area contributed by atoms with Gasteiger partial charge in [-0.1, -0.05) is 140 Å². The monoisotopic (exact) mass is 640 g/mol. The zero-order valence-electron chi connectivity index (χ0n) is 26.9. The van der Waals surface area contributed by atoms with E-state index in [1.54, 1.807) is 0 Å². The van der Waals surface area contributed by atoms with Crippen molar-refractivity contribution in [1.29, 1.82) is 0 Å². The highest BCUT2D eigenvalue weighted by Crippen LogP contribution is 2.36. The van der Waals surface area contributed by atoms with Gasteiger partial charge in [-0.3, -0.25) is 4.57 Å². The van der Waals surface area contributed by atoms with Crippen LogP contribution >= 0.6 is 0 Å². The molecule has 0 N–H and O–H groups in total. The Bertz CT molecular complexity index is 2850. The van der Waals surface area contributed by atoms with E-state index >= 15 is 0 Å². The number of fused-ring (bicyclic) bond motifs is 6. The maximum absolute atomic E-state index is 6.26. The van der Waals surface area contributed by atoms with E-state index in [0.717, 1.165) is 66.0 Å². The largest absolute Gasteiger partial charge is 0.456 e. The molecule has 5 nitrogen and oxygen atoms in total. The van der Waals surface area contributed by atoms with Gasteiger partial charge >= 0.3 is 0 Å². The van der Waals surface area contributed by atoms with Crippen molar-refractivity contribution >= 4 is 43.7 Å². The van der Waals surface area contributed by atoms with Gasteiger partial charge in [0.05, 0.1) is 11.0 Å². The van der Waals surface area contributed by atoms with Crippen LogP contribution in [-0.2, 0) is 0 Å². The Balaban J connectivity index is 1.17. The normalized spacial score (nSPS) is 11.6. The van der Waals surface area contributed by atoms with Crippen molar-refractivity contribution in [3.63, 3.8) is 0 Å². The summed E-state index contributed by atoms with van der Waals surface area (Å²) in [5.41, 5.74) is 10.1. The fourth-order valence-electron chi connectivity index (χ4n) is 7.03. The molecule has 0 aliphatic rings.